The number of nitrogens with zero attached hydrogens (tertiary/aromatic N) is 1. The van der Waals surface area contributed by atoms with Gasteiger partial charge >= 0.3 is 12.3 Å². The van der Waals surface area contributed by atoms with Gasteiger partial charge in [0.2, 0.25) is 0 Å². The summed E-state index contributed by atoms with van der Waals surface area (Å²) in [4.78, 5) is 13.7. The summed E-state index contributed by atoms with van der Waals surface area (Å²) in [5, 5.41) is 0. The molecule has 0 aromatic heterocycles. The molecule has 0 bridgehead atoms. The SMILES string of the molecule is CCN(Cc1ccccc1)C(=O)OCc1cc(C(F)(F)F)ccc1Br. The molecule has 3 nitrogen and oxygen atoms in total. The Balaban J connectivity index is 2.03. The predicted molar refractivity (Wildman–Crippen MR) is 91.9 cm³/mol. The van der Waals surface area contributed by atoms with Crippen LogP contribution in [0.2, 0.25) is 0 Å². The van der Waals surface area contributed by atoms with Crippen molar-refractivity contribution < 1.29 is 22.7 Å². The van der Waals surface area contributed by atoms with Crippen LogP contribution in [-0.2, 0) is 24.1 Å². The van der Waals surface area contributed by atoms with Crippen molar-refractivity contribution in [2.45, 2.75) is 26.3 Å². The highest BCUT2D eigenvalue weighted by molar-refractivity contribution is 9.10. The highest BCUT2D eigenvalue weighted by Crippen LogP contribution is 2.32. The third-order valence-corrected chi connectivity index (χ3v) is 4.35. The second kappa shape index (κ2) is 8.38. The predicted octanol–water partition coefficient (Wildman–Crippen LogP) is 5.63. The molecule has 0 unspecified atom stereocenters. The molecule has 7 heteroatoms. The number of benzene rings is 2. The van der Waals surface area contributed by atoms with E-state index in [-0.39, 0.29) is 12.2 Å². The van der Waals surface area contributed by atoms with Crippen molar-refractivity contribution in [2.75, 3.05) is 6.54 Å². The van der Waals surface area contributed by atoms with E-state index >= 15 is 0 Å². The Morgan fingerprint density at radius 2 is 1.84 bits per heavy atom. The second-order valence-corrected chi connectivity index (χ2v) is 6.21. The number of carbonyl (C=O) groups is 1. The molecule has 0 aliphatic heterocycles. The molecule has 0 heterocycles. The highest BCUT2D eigenvalue weighted by Gasteiger charge is 2.31. The lowest BCUT2D eigenvalue weighted by atomic mass is 10.1. The molecule has 0 saturated carbocycles. The van der Waals surface area contributed by atoms with Crippen LogP contribution >= 0.6 is 15.9 Å². The Morgan fingerprint density at radius 3 is 2.44 bits per heavy atom. The van der Waals surface area contributed by atoms with E-state index in [1.807, 2.05) is 37.3 Å². The first-order valence-electron chi connectivity index (χ1n) is 7.62. The molecular weight excluding hydrogens is 399 g/mol. The van der Waals surface area contributed by atoms with Crippen LogP contribution in [0.1, 0.15) is 23.6 Å². The van der Waals surface area contributed by atoms with E-state index < -0.39 is 17.8 Å². The Morgan fingerprint density at radius 1 is 1.16 bits per heavy atom. The zero-order valence-corrected chi connectivity index (χ0v) is 15.1. The maximum Gasteiger partial charge on any atom is 0.416 e. The van der Waals surface area contributed by atoms with E-state index in [0.717, 1.165) is 17.7 Å². The first kappa shape index (κ1) is 19.3. The fourth-order valence-electron chi connectivity index (χ4n) is 2.20. The van der Waals surface area contributed by atoms with Crippen LogP contribution in [0, 0.1) is 0 Å². The number of halogens is 4. The molecule has 0 fully saturated rings. The van der Waals surface area contributed by atoms with Gasteiger partial charge in [0.15, 0.2) is 0 Å². The zero-order chi connectivity index (χ0) is 18.4. The van der Waals surface area contributed by atoms with Gasteiger partial charge in [-0.2, -0.15) is 13.2 Å². The quantitative estimate of drug-likeness (QED) is 0.633. The Bertz CT molecular complexity index is 720. The van der Waals surface area contributed by atoms with E-state index in [1.165, 1.54) is 11.0 Å². The molecule has 0 radical (unpaired) electrons. The fraction of sp³-hybridized carbons (Fsp3) is 0.278. The topological polar surface area (TPSA) is 29.5 Å². The van der Waals surface area contributed by atoms with Gasteiger partial charge in [0.25, 0.3) is 0 Å². The van der Waals surface area contributed by atoms with E-state index in [2.05, 4.69) is 15.9 Å². The van der Waals surface area contributed by atoms with Crippen molar-refractivity contribution in [3.63, 3.8) is 0 Å². The molecule has 134 valence electrons. The monoisotopic (exact) mass is 415 g/mol. The number of hydrogen-bond donors (Lipinski definition) is 0. The van der Waals surface area contributed by atoms with Gasteiger partial charge in [0.05, 0.1) is 5.56 Å². The summed E-state index contributed by atoms with van der Waals surface area (Å²) in [6.45, 7) is 2.37. The summed E-state index contributed by atoms with van der Waals surface area (Å²) >= 11 is 3.18. The summed E-state index contributed by atoms with van der Waals surface area (Å²) in [7, 11) is 0. The molecule has 0 N–H and O–H groups in total. The van der Waals surface area contributed by atoms with Crippen LogP contribution in [0.5, 0.6) is 0 Å². The van der Waals surface area contributed by atoms with Gasteiger partial charge in [-0.3, -0.25) is 0 Å². The van der Waals surface area contributed by atoms with Crippen LogP contribution in [0.4, 0.5) is 18.0 Å². The van der Waals surface area contributed by atoms with Crippen molar-refractivity contribution in [2.24, 2.45) is 0 Å². The minimum absolute atomic E-state index is 0.241. The van der Waals surface area contributed by atoms with Crippen molar-refractivity contribution in [1.29, 1.82) is 0 Å². The number of carbonyl (C=O) groups excluding carboxylic acids is 1. The van der Waals surface area contributed by atoms with Crippen LogP contribution in [0.15, 0.2) is 53.0 Å². The van der Waals surface area contributed by atoms with Crippen LogP contribution in [-0.4, -0.2) is 17.5 Å². The number of amides is 1. The van der Waals surface area contributed by atoms with Crippen LogP contribution < -0.4 is 0 Å². The molecule has 2 rings (SSSR count). The minimum Gasteiger partial charge on any atom is -0.444 e. The first-order valence-corrected chi connectivity index (χ1v) is 8.41. The third-order valence-electron chi connectivity index (χ3n) is 3.58. The lowest BCUT2D eigenvalue weighted by molar-refractivity contribution is -0.137. The van der Waals surface area contributed by atoms with Crippen molar-refractivity contribution in [3.8, 4) is 0 Å². The van der Waals surface area contributed by atoms with Crippen molar-refractivity contribution >= 4 is 22.0 Å². The van der Waals surface area contributed by atoms with Gasteiger partial charge in [-0.25, -0.2) is 4.79 Å². The molecule has 1 amide bonds. The standard InChI is InChI=1S/C18H17BrF3NO2/c1-2-23(11-13-6-4-3-5-7-13)17(24)25-12-14-10-15(18(20,21)22)8-9-16(14)19/h3-10H,2,11-12H2,1H3. The first-order chi connectivity index (χ1) is 11.8. The van der Waals surface area contributed by atoms with Crippen molar-refractivity contribution in [1.82, 2.24) is 4.90 Å². The van der Waals surface area contributed by atoms with Gasteiger partial charge < -0.3 is 9.64 Å². The Hall–Kier alpha value is -2.02. The van der Waals surface area contributed by atoms with Gasteiger partial charge in [-0.1, -0.05) is 46.3 Å². The molecule has 2 aromatic rings. The molecule has 2 aromatic carbocycles. The number of hydrogen-bond acceptors (Lipinski definition) is 2. The van der Waals surface area contributed by atoms with E-state index in [0.29, 0.717) is 17.6 Å². The Labute approximate surface area is 152 Å². The van der Waals surface area contributed by atoms with E-state index in [1.54, 1.807) is 0 Å². The molecular formula is C18H17BrF3NO2. The van der Waals surface area contributed by atoms with Crippen molar-refractivity contribution in [3.05, 3.63) is 69.7 Å². The fourth-order valence-corrected chi connectivity index (χ4v) is 2.56. The maximum absolute atomic E-state index is 12.8. The summed E-state index contributed by atoms with van der Waals surface area (Å²) in [6, 6.07) is 12.6. The lowest BCUT2D eigenvalue weighted by Crippen LogP contribution is -2.30. The zero-order valence-electron chi connectivity index (χ0n) is 13.5. The molecule has 0 aliphatic carbocycles. The number of rotatable bonds is 5. The summed E-state index contributed by atoms with van der Waals surface area (Å²) in [6.07, 6.45) is -5.02. The summed E-state index contributed by atoms with van der Waals surface area (Å²) in [5.74, 6) is 0. The average molecular weight is 416 g/mol. The summed E-state index contributed by atoms with van der Waals surface area (Å²) < 4.78 is 44.0. The molecule has 25 heavy (non-hydrogen) atoms. The van der Waals surface area contributed by atoms with Gasteiger partial charge in [0.1, 0.15) is 6.61 Å². The molecule has 0 aliphatic rings. The van der Waals surface area contributed by atoms with Gasteiger partial charge in [-0.05, 0) is 30.7 Å². The van der Waals surface area contributed by atoms with E-state index in [9.17, 15) is 18.0 Å². The second-order valence-electron chi connectivity index (χ2n) is 5.36. The largest absolute Gasteiger partial charge is 0.444 e. The van der Waals surface area contributed by atoms with Crippen LogP contribution in [0.3, 0.4) is 0 Å². The lowest BCUT2D eigenvalue weighted by Gasteiger charge is -2.21. The van der Waals surface area contributed by atoms with Gasteiger partial charge in [-0.15, -0.1) is 0 Å². The van der Waals surface area contributed by atoms with Gasteiger partial charge in [0, 0.05) is 23.1 Å². The number of alkyl halides is 3. The third kappa shape index (κ3) is 5.49. The highest BCUT2D eigenvalue weighted by atomic mass is 79.9. The molecule has 0 spiro atoms. The van der Waals surface area contributed by atoms with E-state index in [4.69, 9.17) is 4.74 Å². The molecule has 0 atom stereocenters. The Kier molecular flexibility index (Phi) is 6.47. The normalized spacial score (nSPS) is 11.2. The summed E-state index contributed by atoms with van der Waals surface area (Å²) in [5.41, 5.74) is 0.430. The molecule has 0 saturated heterocycles. The maximum atomic E-state index is 12.8. The number of ether oxygens (including phenoxy) is 1. The average Bonchev–Trinajstić information content (AvgIpc) is 2.58. The minimum atomic E-state index is -4.44. The van der Waals surface area contributed by atoms with Crippen LogP contribution in [0.25, 0.3) is 0 Å². The smallest absolute Gasteiger partial charge is 0.416 e.